The highest BCUT2D eigenvalue weighted by molar-refractivity contribution is 5.86. The number of ether oxygens (including phenoxy) is 3. The van der Waals surface area contributed by atoms with Gasteiger partial charge < -0.3 is 18.6 Å². The molecule has 0 saturated heterocycles. The van der Waals surface area contributed by atoms with E-state index in [1.807, 2.05) is 18.2 Å². The second-order valence-corrected chi connectivity index (χ2v) is 8.24. The van der Waals surface area contributed by atoms with Crippen LogP contribution in [0.2, 0.25) is 0 Å². The molecule has 6 nitrogen and oxygen atoms in total. The number of methoxy groups -OCH3 is 2. The number of aryl methyl sites for hydroxylation is 1. The first kappa shape index (κ1) is 19.9. The van der Waals surface area contributed by atoms with Crippen molar-refractivity contribution in [1.29, 1.82) is 0 Å². The van der Waals surface area contributed by atoms with Crippen LogP contribution < -0.4 is 19.8 Å². The largest absolute Gasteiger partial charge is 0.493 e. The van der Waals surface area contributed by atoms with Crippen LogP contribution in [0.15, 0.2) is 39.5 Å². The van der Waals surface area contributed by atoms with E-state index >= 15 is 0 Å². The van der Waals surface area contributed by atoms with Crippen LogP contribution in [0.1, 0.15) is 35.1 Å². The van der Waals surface area contributed by atoms with Crippen LogP contribution in [0.25, 0.3) is 11.0 Å². The summed E-state index contributed by atoms with van der Waals surface area (Å²) in [5.41, 5.74) is 4.68. The van der Waals surface area contributed by atoms with Crippen LogP contribution in [0, 0.1) is 0 Å². The van der Waals surface area contributed by atoms with Gasteiger partial charge in [0.25, 0.3) is 0 Å². The Morgan fingerprint density at radius 2 is 1.77 bits per heavy atom. The number of nitrogens with zero attached hydrogens (tertiary/aromatic N) is 1. The minimum absolute atomic E-state index is 0.182. The maximum atomic E-state index is 12.6. The van der Waals surface area contributed by atoms with E-state index < -0.39 is 0 Å². The van der Waals surface area contributed by atoms with Gasteiger partial charge in [0.15, 0.2) is 11.5 Å². The van der Waals surface area contributed by atoms with Gasteiger partial charge in [-0.3, -0.25) is 4.90 Å². The summed E-state index contributed by atoms with van der Waals surface area (Å²) >= 11 is 0. The lowest BCUT2D eigenvalue weighted by molar-refractivity contribution is 0.0967. The summed E-state index contributed by atoms with van der Waals surface area (Å²) < 4.78 is 22.6. The Bertz CT molecular complexity index is 1180. The first-order chi connectivity index (χ1) is 15.2. The van der Waals surface area contributed by atoms with E-state index in [1.165, 1.54) is 11.1 Å². The molecule has 5 rings (SSSR count). The highest BCUT2D eigenvalue weighted by Gasteiger charge is 2.25. The standard InChI is InChI=1S/C25H27NO5/c1-28-22-9-7-16(13-23(22)29-2)11-12-26-14-20-21(30-15-26)10-8-18-17-5-3-4-6-19(17)25(27)31-24(18)20/h7-10,13H,3-6,11-12,14-15H2,1-2H3. The van der Waals surface area contributed by atoms with Gasteiger partial charge in [0.1, 0.15) is 18.1 Å². The van der Waals surface area contributed by atoms with Crippen LogP contribution in [0.4, 0.5) is 0 Å². The van der Waals surface area contributed by atoms with Gasteiger partial charge in [-0.2, -0.15) is 0 Å². The van der Waals surface area contributed by atoms with Crippen LogP contribution in [0.3, 0.4) is 0 Å². The van der Waals surface area contributed by atoms with Crippen molar-refractivity contribution in [3.05, 3.63) is 63.0 Å². The molecule has 2 aromatic carbocycles. The molecule has 162 valence electrons. The molecule has 0 fully saturated rings. The topological polar surface area (TPSA) is 61.1 Å². The molecular formula is C25H27NO5. The molecule has 0 bridgehead atoms. The average Bonchev–Trinajstić information content (AvgIpc) is 2.82. The van der Waals surface area contributed by atoms with E-state index in [4.69, 9.17) is 18.6 Å². The first-order valence-electron chi connectivity index (χ1n) is 10.8. The smallest absolute Gasteiger partial charge is 0.339 e. The van der Waals surface area contributed by atoms with Crippen LogP contribution >= 0.6 is 0 Å². The number of fused-ring (bicyclic) bond motifs is 5. The average molecular weight is 421 g/mol. The molecule has 0 saturated carbocycles. The third kappa shape index (κ3) is 3.65. The summed E-state index contributed by atoms with van der Waals surface area (Å²) in [5.74, 6) is 2.28. The summed E-state index contributed by atoms with van der Waals surface area (Å²) in [6, 6.07) is 10.1. The van der Waals surface area contributed by atoms with E-state index in [2.05, 4.69) is 17.0 Å². The lowest BCUT2D eigenvalue weighted by Gasteiger charge is -2.29. The van der Waals surface area contributed by atoms with Crippen molar-refractivity contribution < 1.29 is 18.6 Å². The van der Waals surface area contributed by atoms with Gasteiger partial charge in [0, 0.05) is 24.0 Å². The molecule has 0 radical (unpaired) electrons. The summed E-state index contributed by atoms with van der Waals surface area (Å²) in [6.45, 7) is 2.03. The minimum Gasteiger partial charge on any atom is -0.493 e. The second-order valence-electron chi connectivity index (χ2n) is 8.24. The molecule has 31 heavy (non-hydrogen) atoms. The fourth-order valence-corrected chi connectivity index (χ4v) is 4.73. The maximum Gasteiger partial charge on any atom is 0.339 e. The Hall–Kier alpha value is -2.99. The maximum absolute atomic E-state index is 12.6. The van der Waals surface area contributed by atoms with Crippen LogP contribution in [0.5, 0.6) is 17.2 Å². The van der Waals surface area contributed by atoms with E-state index in [1.54, 1.807) is 14.2 Å². The fourth-order valence-electron chi connectivity index (χ4n) is 4.73. The quantitative estimate of drug-likeness (QED) is 0.579. The molecule has 3 aromatic rings. The highest BCUT2D eigenvalue weighted by Crippen LogP contribution is 2.36. The Morgan fingerprint density at radius 3 is 2.58 bits per heavy atom. The molecule has 0 amide bonds. The third-order valence-electron chi connectivity index (χ3n) is 6.40. The predicted molar refractivity (Wildman–Crippen MR) is 118 cm³/mol. The van der Waals surface area contributed by atoms with Gasteiger partial charge in [-0.05, 0) is 67.5 Å². The van der Waals surface area contributed by atoms with E-state index in [0.717, 1.165) is 72.4 Å². The zero-order valence-corrected chi connectivity index (χ0v) is 18.0. The first-order valence-corrected chi connectivity index (χ1v) is 10.8. The van der Waals surface area contributed by atoms with Crippen molar-refractivity contribution in [3.8, 4) is 17.2 Å². The van der Waals surface area contributed by atoms with Crippen molar-refractivity contribution in [2.75, 3.05) is 27.5 Å². The van der Waals surface area contributed by atoms with Gasteiger partial charge in [0.05, 0.1) is 19.8 Å². The van der Waals surface area contributed by atoms with E-state index in [0.29, 0.717) is 18.9 Å². The van der Waals surface area contributed by atoms with Crippen molar-refractivity contribution in [2.24, 2.45) is 0 Å². The summed E-state index contributed by atoms with van der Waals surface area (Å²) in [7, 11) is 3.29. The number of hydrogen-bond acceptors (Lipinski definition) is 6. The molecule has 0 spiro atoms. The molecule has 0 atom stereocenters. The van der Waals surface area contributed by atoms with Crippen molar-refractivity contribution >= 4 is 11.0 Å². The molecular weight excluding hydrogens is 394 g/mol. The van der Waals surface area contributed by atoms with Crippen molar-refractivity contribution in [3.63, 3.8) is 0 Å². The molecule has 2 heterocycles. The summed E-state index contributed by atoms with van der Waals surface area (Å²) in [5, 5.41) is 1.07. The minimum atomic E-state index is -0.182. The molecule has 6 heteroatoms. The molecule has 1 aliphatic carbocycles. The Labute approximate surface area is 181 Å². The monoisotopic (exact) mass is 421 g/mol. The lowest BCUT2D eigenvalue weighted by atomic mass is 9.90. The molecule has 0 unspecified atom stereocenters. The summed E-state index contributed by atoms with van der Waals surface area (Å²) in [4.78, 5) is 14.9. The SMILES string of the molecule is COc1ccc(CCN2COc3ccc4c5c(c(=O)oc4c3C2)CCCC5)cc1OC. The molecule has 1 aromatic heterocycles. The van der Waals surface area contributed by atoms with Gasteiger partial charge in [-0.1, -0.05) is 6.07 Å². The highest BCUT2D eigenvalue weighted by atomic mass is 16.5. The van der Waals surface area contributed by atoms with E-state index in [9.17, 15) is 4.79 Å². The molecule has 2 aliphatic rings. The zero-order valence-electron chi connectivity index (χ0n) is 18.0. The van der Waals surface area contributed by atoms with E-state index in [-0.39, 0.29) is 5.63 Å². The van der Waals surface area contributed by atoms with Gasteiger partial charge in [0.2, 0.25) is 0 Å². The zero-order chi connectivity index (χ0) is 21.4. The molecule has 0 N–H and O–H groups in total. The second kappa shape index (κ2) is 8.27. The lowest BCUT2D eigenvalue weighted by Crippen LogP contribution is -2.34. The number of rotatable bonds is 5. The Kier molecular flexibility index (Phi) is 5.32. The van der Waals surface area contributed by atoms with Crippen LogP contribution in [-0.2, 0) is 25.8 Å². The number of hydrogen-bond donors (Lipinski definition) is 0. The molecule has 1 aliphatic heterocycles. The predicted octanol–water partition coefficient (Wildman–Crippen LogP) is 4.08. The van der Waals surface area contributed by atoms with Gasteiger partial charge >= 0.3 is 5.63 Å². The fraction of sp³-hybridized carbons (Fsp3) is 0.400. The summed E-state index contributed by atoms with van der Waals surface area (Å²) in [6.07, 6.45) is 4.79. The van der Waals surface area contributed by atoms with Crippen LogP contribution in [-0.4, -0.2) is 32.4 Å². The Balaban J connectivity index is 1.40. The Morgan fingerprint density at radius 1 is 0.968 bits per heavy atom. The van der Waals surface area contributed by atoms with Gasteiger partial charge in [-0.25, -0.2) is 4.79 Å². The third-order valence-corrected chi connectivity index (χ3v) is 6.40. The van der Waals surface area contributed by atoms with Gasteiger partial charge in [-0.15, -0.1) is 0 Å². The van der Waals surface area contributed by atoms with Crippen molar-refractivity contribution in [2.45, 2.75) is 38.6 Å². The number of benzene rings is 2. The van der Waals surface area contributed by atoms with Crippen molar-refractivity contribution in [1.82, 2.24) is 4.90 Å². The normalized spacial score (nSPS) is 15.8.